The molecule has 1 heterocycles. The summed E-state index contributed by atoms with van der Waals surface area (Å²) >= 11 is 0. The highest BCUT2D eigenvalue weighted by atomic mass is 32.2. The lowest BCUT2D eigenvalue weighted by Crippen LogP contribution is -2.56. The molecule has 1 unspecified atom stereocenters. The molecule has 0 saturated carbocycles. The number of amides is 2. The van der Waals surface area contributed by atoms with E-state index in [4.69, 9.17) is 9.47 Å². The van der Waals surface area contributed by atoms with Gasteiger partial charge in [0.1, 0.15) is 12.6 Å². The van der Waals surface area contributed by atoms with Crippen molar-refractivity contribution in [2.45, 2.75) is 59.2 Å². The predicted octanol–water partition coefficient (Wildman–Crippen LogP) is 4.43. The fourth-order valence-electron chi connectivity index (χ4n) is 4.74. The third kappa shape index (κ3) is 7.61. The van der Waals surface area contributed by atoms with E-state index in [9.17, 15) is 18.0 Å². The number of anilines is 1. The molecule has 10 heteroatoms. The summed E-state index contributed by atoms with van der Waals surface area (Å²) in [5.74, 6) is -0.134. The molecule has 0 aliphatic carbocycles. The number of nitrogens with zero attached hydrogens (tertiary/aromatic N) is 2. The summed E-state index contributed by atoms with van der Waals surface area (Å²) in [7, 11) is -3.89. The first-order chi connectivity index (χ1) is 19.9. The molecule has 0 radical (unpaired) electrons. The first kappa shape index (κ1) is 30.9. The van der Waals surface area contributed by atoms with Gasteiger partial charge in [-0.1, -0.05) is 54.6 Å². The molecule has 1 atom stereocenters. The normalized spacial score (nSPS) is 13.4. The molecule has 1 aliphatic heterocycles. The maximum atomic E-state index is 14.3. The Morgan fingerprint density at radius 1 is 0.952 bits per heavy atom. The average molecular weight is 594 g/mol. The maximum Gasteiger partial charge on any atom is 0.244 e. The van der Waals surface area contributed by atoms with Crippen molar-refractivity contribution in [3.63, 3.8) is 0 Å². The monoisotopic (exact) mass is 593 g/mol. The predicted molar refractivity (Wildman–Crippen MR) is 163 cm³/mol. The molecule has 3 aromatic carbocycles. The molecular weight excluding hydrogens is 554 g/mol. The summed E-state index contributed by atoms with van der Waals surface area (Å²) < 4.78 is 38.7. The lowest BCUT2D eigenvalue weighted by molar-refractivity contribution is -0.140. The lowest BCUT2D eigenvalue weighted by Gasteiger charge is -2.35. The van der Waals surface area contributed by atoms with Crippen LogP contribution in [0.15, 0.2) is 72.8 Å². The number of rotatable bonds is 11. The molecule has 0 spiro atoms. The summed E-state index contributed by atoms with van der Waals surface area (Å²) in [6, 6.07) is 21.0. The minimum absolute atomic E-state index is 0.0342. The molecule has 42 heavy (non-hydrogen) atoms. The van der Waals surface area contributed by atoms with Crippen LogP contribution in [0.4, 0.5) is 5.69 Å². The highest BCUT2D eigenvalue weighted by Crippen LogP contribution is 2.36. The van der Waals surface area contributed by atoms with E-state index in [1.165, 1.54) is 11.8 Å². The summed E-state index contributed by atoms with van der Waals surface area (Å²) in [6.07, 6.45) is 0.255. The minimum atomic E-state index is -3.89. The molecule has 0 aromatic heterocycles. The molecule has 0 bridgehead atoms. The van der Waals surface area contributed by atoms with Crippen LogP contribution in [0.1, 0.15) is 44.4 Å². The van der Waals surface area contributed by atoms with Gasteiger partial charge < -0.3 is 19.7 Å². The molecule has 224 valence electrons. The van der Waals surface area contributed by atoms with E-state index in [-0.39, 0.29) is 37.1 Å². The SMILES string of the molecule is CCS(=O)(=O)N(CC(=O)N(Cc1ccccc1C)C(Cc1ccccc1)C(=O)NC(C)(C)C)c1ccc2c(c1)OCO2. The van der Waals surface area contributed by atoms with Gasteiger partial charge in [0, 0.05) is 24.6 Å². The van der Waals surface area contributed by atoms with E-state index in [1.807, 2.05) is 82.3 Å². The third-order valence-electron chi connectivity index (χ3n) is 6.99. The van der Waals surface area contributed by atoms with Crippen molar-refractivity contribution in [3.8, 4) is 11.5 Å². The van der Waals surface area contributed by atoms with Crippen LogP contribution >= 0.6 is 0 Å². The van der Waals surface area contributed by atoms with E-state index in [1.54, 1.807) is 18.2 Å². The number of nitrogens with one attached hydrogen (secondary N) is 1. The third-order valence-corrected chi connectivity index (χ3v) is 8.74. The van der Waals surface area contributed by atoms with Crippen molar-refractivity contribution < 1.29 is 27.5 Å². The van der Waals surface area contributed by atoms with Gasteiger partial charge in [-0.15, -0.1) is 0 Å². The summed E-state index contributed by atoms with van der Waals surface area (Å²) in [4.78, 5) is 29.7. The number of hydrogen-bond acceptors (Lipinski definition) is 6. The zero-order chi connectivity index (χ0) is 30.5. The fourth-order valence-corrected chi connectivity index (χ4v) is 5.79. The standard InChI is InChI=1S/C32H39N3O6S/c1-6-42(38,39)35(26-16-17-28-29(19-26)41-22-40-28)21-30(36)34(20-25-15-11-10-12-23(25)2)27(31(37)33-32(3,4)5)18-24-13-8-7-9-14-24/h7-17,19,27H,6,18,20-22H2,1-5H3,(H,33,37). The van der Waals surface area contributed by atoms with E-state index in [0.29, 0.717) is 11.5 Å². The zero-order valence-corrected chi connectivity index (χ0v) is 25.6. The molecule has 0 saturated heterocycles. The zero-order valence-electron chi connectivity index (χ0n) is 24.8. The lowest BCUT2D eigenvalue weighted by atomic mass is 10.00. The summed E-state index contributed by atoms with van der Waals surface area (Å²) in [6.45, 7) is 8.79. The van der Waals surface area contributed by atoms with Gasteiger partial charge in [-0.05, 0) is 63.4 Å². The number of benzene rings is 3. The molecule has 0 fully saturated rings. The van der Waals surface area contributed by atoms with Gasteiger partial charge in [0.05, 0.1) is 11.4 Å². The smallest absolute Gasteiger partial charge is 0.244 e. The Morgan fingerprint density at radius 2 is 1.62 bits per heavy atom. The van der Waals surface area contributed by atoms with Crippen LogP contribution in [0.3, 0.4) is 0 Å². The molecule has 2 amide bonds. The molecule has 4 rings (SSSR count). The number of carbonyl (C=O) groups is 2. The first-order valence-electron chi connectivity index (χ1n) is 14.0. The maximum absolute atomic E-state index is 14.3. The first-order valence-corrected chi connectivity index (χ1v) is 15.6. The Kier molecular flexibility index (Phi) is 9.46. The van der Waals surface area contributed by atoms with Crippen LogP contribution in [0, 0.1) is 6.92 Å². The fraction of sp³-hybridized carbons (Fsp3) is 0.375. The van der Waals surface area contributed by atoms with Crippen LogP contribution in [-0.2, 0) is 32.6 Å². The van der Waals surface area contributed by atoms with E-state index < -0.39 is 34.1 Å². The second-order valence-electron chi connectivity index (χ2n) is 11.3. The van der Waals surface area contributed by atoms with Gasteiger partial charge in [0.2, 0.25) is 28.6 Å². The van der Waals surface area contributed by atoms with Crippen LogP contribution in [0.5, 0.6) is 11.5 Å². The summed E-state index contributed by atoms with van der Waals surface area (Å²) in [5.41, 5.74) is 2.43. The van der Waals surface area contributed by atoms with Gasteiger partial charge in [-0.25, -0.2) is 8.42 Å². The van der Waals surface area contributed by atoms with Gasteiger partial charge in [0.25, 0.3) is 0 Å². The quantitative estimate of drug-likeness (QED) is 0.353. The van der Waals surface area contributed by atoms with Crippen LogP contribution in [-0.4, -0.2) is 55.8 Å². The highest BCUT2D eigenvalue weighted by Gasteiger charge is 2.35. The minimum Gasteiger partial charge on any atom is -0.454 e. The Bertz CT molecular complexity index is 1520. The van der Waals surface area contributed by atoms with E-state index in [0.717, 1.165) is 21.0 Å². The van der Waals surface area contributed by atoms with E-state index in [2.05, 4.69) is 5.32 Å². The Labute approximate surface area is 248 Å². The molecule has 3 aromatic rings. The topological polar surface area (TPSA) is 105 Å². The number of carbonyl (C=O) groups excluding carboxylic acids is 2. The van der Waals surface area contributed by atoms with Crippen molar-refractivity contribution in [3.05, 3.63) is 89.5 Å². The second kappa shape index (κ2) is 12.9. The van der Waals surface area contributed by atoms with E-state index >= 15 is 0 Å². The average Bonchev–Trinajstić information content (AvgIpc) is 3.42. The molecule has 1 N–H and O–H groups in total. The number of aryl methyl sites for hydroxylation is 1. The highest BCUT2D eigenvalue weighted by molar-refractivity contribution is 7.92. The largest absolute Gasteiger partial charge is 0.454 e. The van der Waals surface area contributed by atoms with Crippen LogP contribution in [0.25, 0.3) is 0 Å². The van der Waals surface area contributed by atoms with Gasteiger partial charge in [-0.2, -0.15) is 0 Å². The van der Waals surface area contributed by atoms with Crippen molar-refractivity contribution in [1.29, 1.82) is 0 Å². The van der Waals surface area contributed by atoms with Crippen LogP contribution in [0.2, 0.25) is 0 Å². The molecule has 1 aliphatic rings. The van der Waals surface area contributed by atoms with Crippen molar-refractivity contribution in [1.82, 2.24) is 10.2 Å². The Balaban J connectivity index is 1.77. The second-order valence-corrected chi connectivity index (χ2v) is 13.5. The number of fused-ring (bicyclic) bond motifs is 1. The Morgan fingerprint density at radius 3 is 2.29 bits per heavy atom. The Hall–Kier alpha value is -4.05. The van der Waals surface area contributed by atoms with Crippen molar-refractivity contribution in [2.75, 3.05) is 23.4 Å². The van der Waals surface area contributed by atoms with Gasteiger partial charge >= 0.3 is 0 Å². The molecular formula is C32H39N3O6S. The van der Waals surface area contributed by atoms with Crippen LogP contribution < -0.4 is 19.1 Å². The number of ether oxygens (including phenoxy) is 2. The van der Waals surface area contributed by atoms with Gasteiger partial charge in [0.15, 0.2) is 11.5 Å². The number of sulfonamides is 1. The number of hydrogen-bond donors (Lipinski definition) is 1. The summed E-state index contributed by atoms with van der Waals surface area (Å²) in [5, 5.41) is 3.03. The molecule has 9 nitrogen and oxygen atoms in total. The van der Waals surface area contributed by atoms with Crippen molar-refractivity contribution in [2.24, 2.45) is 0 Å². The van der Waals surface area contributed by atoms with Crippen molar-refractivity contribution >= 4 is 27.5 Å². The van der Waals surface area contributed by atoms with Gasteiger partial charge in [-0.3, -0.25) is 13.9 Å².